The second kappa shape index (κ2) is 9.25. The fraction of sp³-hybridized carbons (Fsp3) is 0.273. The highest BCUT2D eigenvalue weighted by atomic mass is 16.1. The number of aromatic nitrogens is 3. The van der Waals surface area contributed by atoms with Crippen LogP contribution >= 0.6 is 0 Å². The number of carbonyl (C=O) groups excluding carboxylic acids is 1. The Morgan fingerprint density at radius 1 is 1.00 bits per heavy atom. The van der Waals surface area contributed by atoms with Crippen LogP contribution in [0.4, 0.5) is 11.6 Å². The highest BCUT2D eigenvalue weighted by molar-refractivity contribution is 5.95. The minimum absolute atomic E-state index is 0.0698. The lowest BCUT2D eigenvalue weighted by Crippen LogP contribution is -2.44. The quantitative estimate of drug-likeness (QED) is 0.675. The maximum atomic E-state index is 12.7. The van der Waals surface area contributed by atoms with E-state index < -0.39 is 0 Å². The van der Waals surface area contributed by atoms with Crippen LogP contribution in [0.1, 0.15) is 28.8 Å². The molecule has 29 heavy (non-hydrogen) atoms. The van der Waals surface area contributed by atoms with Gasteiger partial charge in [0.2, 0.25) is 0 Å². The highest BCUT2D eigenvalue weighted by Gasteiger charge is 2.21. The van der Waals surface area contributed by atoms with Crippen molar-refractivity contribution in [2.24, 2.45) is 0 Å². The summed E-state index contributed by atoms with van der Waals surface area (Å²) in [6, 6.07) is 15.9. The summed E-state index contributed by atoms with van der Waals surface area (Å²) < 4.78 is 0. The van der Waals surface area contributed by atoms with E-state index >= 15 is 0 Å². The Labute approximate surface area is 170 Å². The third kappa shape index (κ3) is 5.36. The third-order valence-corrected chi connectivity index (χ3v) is 5.03. The van der Waals surface area contributed by atoms with Gasteiger partial charge in [-0.05, 0) is 36.6 Å². The summed E-state index contributed by atoms with van der Waals surface area (Å²) in [5.74, 6) is 1.14. The Balaban J connectivity index is 1.29. The zero-order valence-corrected chi connectivity index (χ0v) is 16.2. The second-order valence-corrected chi connectivity index (χ2v) is 7.16. The van der Waals surface area contributed by atoms with Crippen molar-refractivity contribution in [2.45, 2.75) is 25.4 Å². The zero-order valence-electron chi connectivity index (χ0n) is 16.2. The summed E-state index contributed by atoms with van der Waals surface area (Å²) in [6.45, 7) is 2.93. The van der Waals surface area contributed by atoms with E-state index in [1.54, 1.807) is 30.6 Å². The molecule has 2 aromatic heterocycles. The van der Waals surface area contributed by atoms with E-state index in [9.17, 15) is 4.79 Å². The van der Waals surface area contributed by atoms with Crippen LogP contribution in [0.5, 0.6) is 0 Å². The first kappa shape index (κ1) is 19.0. The number of anilines is 2. The van der Waals surface area contributed by atoms with Gasteiger partial charge in [-0.25, -0.2) is 15.0 Å². The number of benzene rings is 1. The van der Waals surface area contributed by atoms with E-state index in [0.717, 1.165) is 32.5 Å². The molecule has 7 heteroatoms. The molecule has 4 rings (SSSR count). The van der Waals surface area contributed by atoms with E-state index in [-0.39, 0.29) is 11.9 Å². The Hall–Kier alpha value is -3.32. The van der Waals surface area contributed by atoms with Gasteiger partial charge < -0.3 is 10.6 Å². The highest BCUT2D eigenvalue weighted by Crippen LogP contribution is 2.16. The molecule has 2 N–H and O–H groups in total. The van der Waals surface area contributed by atoms with E-state index in [2.05, 4.69) is 54.8 Å². The molecule has 0 radical (unpaired) electrons. The van der Waals surface area contributed by atoms with Gasteiger partial charge in [0.05, 0.1) is 0 Å². The summed E-state index contributed by atoms with van der Waals surface area (Å²) in [5, 5.41) is 6.25. The van der Waals surface area contributed by atoms with Gasteiger partial charge in [0.25, 0.3) is 5.91 Å². The van der Waals surface area contributed by atoms with Gasteiger partial charge in [-0.15, -0.1) is 0 Å². The average molecular weight is 388 g/mol. The molecule has 0 bridgehead atoms. The number of carbonyl (C=O) groups is 1. The summed E-state index contributed by atoms with van der Waals surface area (Å²) in [5.41, 5.74) is 1.92. The number of nitrogens with zero attached hydrogens (tertiary/aromatic N) is 4. The van der Waals surface area contributed by atoms with Crippen LogP contribution in [0.2, 0.25) is 0 Å². The summed E-state index contributed by atoms with van der Waals surface area (Å²) in [4.78, 5) is 27.4. The lowest BCUT2D eigenvalue weighted by atomic mass is 10.0. The maximum absolute atomic E-state index is 12.7. The number of hydrogen-bond donors (Lipinski definition) is 2. The maximum Gasteiger partial charge on any atom is 0.251 e. The van der Waals surface area contributed by atoms with E-state index in [4.69, 9.17) is 0 Å². The lowest BCUT2D eigenvalue weighted by molar-refractivity contribution is 0.0909. The zero-order chi connectivity index (χ0) is 19.9. The van der Waals surface area contributed by atoms with Crippen molar-refractivity contribution in [2.75, 3.05) is 18.4 Å². The molecule has 148 valence electrons. The first-order chi connectivity index (χ1) is 14.3. The minimum atomic E-state index is -0.0698. The van der Waals surface area contributed by atoms with Crippen LogP contribution in [0.25, 0.3) is 0 Å². The van der Waals surface area contributed by atoms with E-state index in [1.807, 2.05) is 6.07 Å². The normalized spacial score (nSPS) is 15.0. The Morgan fingerprint density at radius 3 is 2.59 bits per heavy atom. The van der Waals surface area contributed by atoms with Crippen molar-refractivity contribution in [3.05, 3.63) is 78.4 Å². The molecule has 1 aromatic carbocycles. The molecule has 0 saturated carbocycles. The number of hydrogen-bond acceptors (Lipinski definition) is 6. The fourth-order valence-corrected chi connectivity index (χ4v) is 3.48. The molecular weight excluding hydrogens is 364 g/mol. The molecule has 1 amide bonds. The number of nitrogens with one attached hydrogen (secondary N) is 2. The van der Waals surface area contributed by atoms with Gasteiger partial charge >= 0.3 is 0 Å². The Kier molecular flexibility index (Phi) is 6.07. The van der Waals surface area contributed by atoms with Crippen LogP contribution < -0.4 is 10.6 Å². The van der Waals surface area contributed by atoms with Gasteiger partial charge in [0.15, 0.2) is 0 Å². The molecule has 0 spiro atoms. The lowest BCUT2D eigenvalue weighted by Gasteiger charge is -2.32. The van der Waals surface area contributed by atoms with Crippen LogP contribution in [0, 0.1) is 0 Å². The molecule has 7 nitrogen and oxygen atoms in total. The smallest absolute Gasteiger partial charge is 0.251 e. The first-order valence-electron chi connectivity index (χ1n) is 9.82. The topological polar surface area (TPSA) is 83.0 Å². The third-order valence-electron chi connectivity index (χ3n) is 5.03. The van der Waals surface area contributed by atoms with Crippen LogP contribution in [0.15, 0.2) is 67.3 Å². The van der Waals surface area contributed by atoms with Gasteiger partial charge in [0.1, 0.15) is 18.0 Å². The van der Waals surface area contributed by atoms with Crippen LogP contribution in [-0.4, -0.2) is 44.9 Å². The standard InChI is InChI=1S/C22H24N6O/c29-22(18-6-11-24-21(14-18)27-20-7-10-23-16-25-20)26-19-8-12-28(13-9-19)15-17-4-2-1-3-5-17/h1-7,10-11,14,16,19H,8-9,12-13,15H2,(H,26,29)(H,23,24,25,27). The fourth-order valence-electron chi connectivity index (χ4n) is 3.48. The van der Waals surface area contributed by atoms with Gasteiger partial charge in [-0.2, -0.15) is 0 Å². The monoisotopic (exact) mass is 388 g/mol. The number of pyridine rings is 1. The predicted molar refractivity (Wildman–Crippen MR) is 112 cm³/mol. The Bertz CT molecular complexity index is 926. The Morgan fingerprint density at radius 2 is 1.83 bits per heavy atom. The largest absolute Gasteiger partial charge is 0.349 e. The van der Waals surface area contributed by atoms with Gasteiger partial charge in [0, 0.05) is 43.6 Å². The molecule has 1 aliphatic rings. The molecule has 1 aliphatic heterocycles. The molecule has 1 fully saturated rings. The van der Waals surface area contributed by atoms with Crippen molar-refractivity contribution in [3.8, 4) is 0 Å². The summed E-state index contributed by atoms with van der Waals surface area (Å²) in [7, 11) is 0. The van der Waals surface area contributed by atoms with E-state index in [0.29, 0.717) is 17.2 Å². The molecule has 1 saturated heterocycles. The predicted octanol–water partition coefficient (Wildman–Crippen LogP) is 3.01. The molecule has 0 aliphatic carbocycles. The van der Waals surface area contributed by atoms with Gasteiger partial charge in [-0.3, -0.25) is 9.69 Å². The number of amides is 1. The first-order valence-corrected chi connectivity index (χ1v) is 9.82. The van der Waals surface area contributed by atoms with E-state index in [1.165, 1.54) is 11.9 Å². The molecular formula is C22H24N6O. The summed E-state index contributed by atoms with van der Waals surface area (Å²) >= 11 is 0. The average Bonchev–Trinajstić information content (AvgIpc) is 2.77. The number of rotatable bonds is 6. The van der Waals surface area contributed by atoms with Gasteiger partial charge in [-0.1, -0.05) is 30.3 Å². The number of piperidine rings is 1. The van der Waals surface area contributed by atoms with Crippen molar-refractivity contribution >= 4 is 17.5 Å². The molecule has 3 heterocycles. The summed E-state index contributed by atoms with van der Waals surface area (Å²) in [6.07, 6.45) is 6.64. The van der Waals surface area contributed by atoms with Crippen LogP contribution in [0.3, 0.4) is 0 Å². The van der Waals surface area contributed by atoms with Crippen molar-refractivity contribution < 1.29 is 4.79 Å². The minimum Gasteiger partial charge on any atom is -0.349 e. The van der Waals surface area contributed by atoms with Crippen molar-refractivity contribution in [3.63, 3.8) is 0 Å². The molecule has 0 unspecified atom stereocenters. The van der Waals surface area contributed by atoms with Crippen molar-refractivity contribution in [1.29, 1.82) is 0 Å². The second-order valence-electron chi connectivity index (χ2n) is 7.16. The van der Waals surface area contributed by atoms with Crippen LogP contribution in [-0.2, 0) is 6.54 Å². The molecule has 0 atom stereocenters. The molecule has 3 aromatic rings. The van der Waals surface area contributed by atoms with Crippen molar-refractivity contribution in [1.82, 2.24) is 25.2 Å². The number of likely N-dealkylation sites (tertiary alicyclic amines) is 1. The SMILES string of the molecule is O=C(NC1CCN(Cc2ccccc2)CC1)c1ccnc(Nc2ccncn2)c1.